The molecule has 1 fully saturated rings. The van der Waals surface area contributed by atoms with Gasteiger partial charge in [-0.25, -0.2) is 0 Å². The third-order valence-corrected chi connectivity index (χ3v) is 3.82. The quantitative estimate of drug-likeness (QED) is 0.528. The minimum absolute atomic E-state index is 0.207. The SMILES string of the molecule is CC(CN1CCCCC1)C(=O)N(F)CCC[N+](C)(C)C. The zero-order valence-electron chi connectivity index (χ0n) is 13.6. The van der Waals surface area contributed by atoms with Gasteiger partial charge in [0, 0.05) is 13.0 Å². The number of rotatable bonds is 7. The molecule has 0 spiro atoms. The van der Waals surface area contributed by atoms with Gasteiger partial charge >= 0.3 is 0 Å². The van der Waals surface area contributed by atoms with Crippen molar-refractivity contribution in [1.82, 2.24) is 10.0 Å². The molecule has 1 atom stereocenters. The summed E-state index contributed by atoms with van der Waals surface area (Å²) in [5.41, 5.74) is 0. The van der Waals surface area contributed by atoms with Gasteiger partial charge in [0.1, 0.15) is 0 Å². The number of amides is 1. The highest BCUT2D eigenvalue weighted by Gasteiger charge is 2.24. The van der Waals surface area contributed by atoms with E-state index in [2.05, 4.69) is 26.0 Å². The van der Waals surface area contributed by atoms with E-state index in [1.807, 2.05) is 6.92 Å². The van der Waals surface area contributed by atoms with Crippen molar-refractivity contribution in [3.8, 4) is 0 Å². The zero-order chi connectivity index (χ0) is 15.2. The normalized spacial score (nSPS) is 18.9. The number of carbonyl (C=O) groups is 1. The van der Waals surface area contributed by atoms with E-state index in [0.717, 1.165) is 24.1 Å². The molecule has 0 bridgehead atoms. The summed E-state index contributed by atoms with van der Waals surface area (Å²) in [5.74, 6) is -0.612. The topological polar surface area (TPSA) is 23.6 Å². The lowest BCUT2D eigenvalue weighted by atomic mass is 10.1. The van der Waals surface area contributed by atoms with Gasteiger partial charge < -0.3 is 9.38 Å². The average Bonchev–Trinajstić information content (AvgIpc) is 2.37. The maximum atomic E-state index is 13.8. The van der Waals surface area contributed by atoms with Crippen LogP contribution in [-0.2, 0) is 4.79 Å². The first kappa shape index (κ1) is 17.4. The Bertz CT molecular complexity index is 298. The van der Waals surface area contributed by atoms with Crippen molar-refractivity contribution in [2.24, 2.45) is 5.92 Å². The van der Waals surface area contributed by atoms with E-state index in [1.54, 1.807) is 0 Å². The fraction of sp³-hybridized carbons (Fsp3) is 0.933. The third kappa shape index (κ3) is 6.66. The van der Waals surface area contributed by atoms with Gasteiger partial charge in [-0.3, -0.25) is 4.79 Å². The minimum Gasteiger partial charge on any atom is -0.331 e. The first-order valence-electron chi connectivity index (χ1n) is 7.79. The van der Waals surface area contributed by atoms with E-state index >= 15 is 0 Å². The molecule has 0 saturated carbocycles. The molecule has 1 heterocycles. The first-order valence-corrected chi connectivity index (χ1v) is 7.79. The molecule has 0 aliphatic carbocycles. The van der Waals surface area contributed by atoms with E-state index in [-0.39, 0.29) is 18.4 Å². The predicted molar refractivity (Wildman–Crippen MR) is 79.8 cm³/mol. The average molecular weight is 288 g/mol. The van der Waals surface area contributed by atoms with Gasteiger partial charge in [0.25, 0.3) is 5.91 Å². The van der Waals surface area contributed by atoms with E-state index in [0.29, 0.717) is 18.1 Å². The van der Waals surface area contributed by atoms with Gasteiger partial charge in [0.2, 0.25) is 0 Å². The van der Waals surface area contributed by atoms with Crippen molar-refractivity contribution in [3.63, 3.8) is 0 Å². The Kier molecular flexibility index (Phi) is 6.89. The maximum Gasteiger partial charge on any atom is 0.254 e. The molecule has 20 heavy (non-hydrogen) atoms. The monoisotopic (exact) mass is 288 g/mol. The molecule has 1 saturated heterocycles. The zero-order valence-corrected chi connectivity index (χ0v) is 13.6. The molecular formula is C15H31FN3O+. The minimum atomic E-state index is -0.364. The Morgan fingerprint density at radius 2 is 1.85 bits per heavy atom. The molecule has 4 nitrogen and oxygen atoms in total. The van der Waals surface area contributed by atoms with Gasteiger partial charge in [0.05, 0.1) is 40.2 Å². The highest BCUT2D eigenvalue weighted by molar-refractivity contribution is 5.77. The van der Waals surface area contributed by atoms with Crippen molar-refractivity contribution in [1.29, 1.82) is 0 Å². The molecule has 0 radical (unpaired) electrons. The summed E-state index contributed by atoms with van der Waals surface area (Å²) in [6.45, 7) is 5.70. The van der Waals surface area contributed by atoms with E-state index in [9.17, 15) is 9.28 Å². The fourth-order valence-corrected chi connectivity index (χ4v) is 2.64. The number of carbonyl (C=O) groups excluding carboxylic acids is 1. The smallest absolute Gasteiger partial charge is 0.254 e. The summed E-state index contributed by atoms with van der Waals surface area (Å²) in [7, 11) is 6.22. The maximum absolute atomic E-state index is 13.8. The standard InChI is InChI=1S/C15H31FN3O/c1-14(13-17-9-6-5-7-10-17)15(20)18(16)11-8-12-19(2,3)4/h14H,5-13H2,1-4H3/q+1. The number of hydrogen-bond donors (Lipinski definition) is 0. The highest BCUT2D eigenvalue weighted by atomic mass is 19.2. The summed E-state index contributed by atoms with van der Waals surface area (Å²) >= 11 is 0. The van der Waals surface area contributed by atoms with Crippen LogP contribution in [0, 0.1) is 5.92 Å². The molecule has 1 aliphatic rings. The second-order valence-electron chi connectivity index (χ2n) is 7.05. The lowest BCUT2D eigenvalue weighted by Crippen LogP contribution is -2.41. The van der Waals surface area contributed by atoms with Crippen molar-refractivity contribution in [2.45, 2.75) is 32.6 Å². The molecule has 5 heteroatoms. The van der Waals surface area contributed by atoms with Crippen molar-refractivity contribution in [2.75, 3.05) is 53.9 Å². The van der Waals surface area contributed by atoms with Crippen LogP contribution in [0.2, 0.25) is 0 Å². The number of quaternary nitrogens is 1. The molecule has 1 rings (SSSR count). The van der Waals surface area contributed by atoms with Crippen LogP contribution in [-0.4, -0.2) is 74.3 Å². The van der Waals surface area contributed by atoms with Crippen LogP contribution >= 0.6 is 0 Å². The molecule has 1 amide bonds. The molecule has 118 valence electrons. The summed E-state index contributed by atoms with van der Waals surface area (Å²) in [6.07, 6.45) is 4.37. The highest BCUT2D eigenvalue weighted by Crippen LogP contribution is 2.13. The Hall–Kier alpha value is -0.680. The number of nitrogens with zero attached hydrogens (tertiary/aromatic N) is 3. The van der Waals surface area contributed by atoms with E-state index < -0.39 is 0 Å². The van der Waals surface area contributed by atoms with Gasteiger partial charge in [-0.1, -0.05) is 17.8 Å². The summed E-state index contributed by atoms with van der Waals surface area (Å²) in [6, 6.07) is 0. The number of hydrogen-bond acceptors (Lipinski definition) is 2. The van der Waals surface area contributed by atoms with Crippen LogP contribution in [0.5, 0.6) is 0 Å². The van der Waals surface area contributed by atoms with Gasteiger partial charge in [0.15, 0.2) is 0 Å². The van der Waals surface area contributed by atoms with Gasteiger partial charge in [-0.15, -0.1) is 0 Å². The van der Waals surface area contributed by atoms with Crippen LogP contribution in [0.1, 0.15) is 32.6 Å². The Labute approximate surface area is 123 Å². The molecule has 0 aromatic rings. The Balaban J connectivity index is 2.27. The van der Waals surface area contributed by atoms with Crippen molar-refractivity contribution < 1.29 is 13.8 Å². The number of likely N-dealkylation sites (tertiary alicyclic amines) is 1. The second-order valence-corrected chi connectivity index (χ2v) is 7.05. The van der Waals surface area contributed by atoms with Crippen LogP contribution in [0.3, 0.4) is 0 Å². The lowest BCUT2D eigenvalue weighted by molar-refractivity contribution is -0.870. The van der Waals surface area contributed by atoms with E-state index in [1.165, 1.54) is 19.3 Å². The fourth-order valence-electron chi connectivity index (χ4n) is 2.64. The largest absolute Gasteiger partial charge is 0.331 e. The molecule has 1 unspecified atom stereocenters. The number of halogens is 1. The van der Waals surface area contributed by atoms with Crippen molar-refractivity contribution >= 4 is 5.91 Å². The predicted octanol–water partition coefficient (Wildman–Crippen LogP) is 1.92. The summed E-state index contributed by atoms with van der Waals surface area (Å²) < 4.78 is 14.6. The van der Waals surface area contributed by atoms with Crippen LogP contribution < -0.4 is 0 Å². The summed E-state index contributed by atoms with van der Waals surface area (Å²) in [5, 5.41) is 0.421. The Morgan fingerprint density at radius 3 is 2.40 bits per heavy atom. The van der Waals surface area contributed by atoms with Crippen molar-refractivity contribution in [3.05, 3.63) is 0 Å². The molecular weight excluding hydrogens is 257 g/mol. The Morgan fingerprint density at radius 1 is 1.25 bits per heavy atom. The van der Waals surface area contributed by atoms with Crippen LogP contribution in [0.15, 0.2) is 0 Å². The van der Waals surface area contributed by atoms with Crippen LogP contribution in [0.25, 0.3) is 0 Å². The molecule has 1 aliphatic heterocycles. The van der Waals surface area contributed by atoms with Gasteiger partial charge in [-0.05, 0) is 25.9 Å². The lowest BCUT2D eigenvalue weighted by Gasteiger charge is -2.29. The third-order valence-electron chi connectivity index (χ3n) is 3.82. The van der Waals surface area contributed by atoms with Crippen LogP contribution in [0.4, 0.5) is 4.48 Å². The second kappa shape index (κ2) is 7.93. The first-order chi connectivity index (χ1) is 9.29. The van der Waals surface area contributed by atoms with E-state index in [4.69, 9.17) is 0 Å². The van der Waals surface area contributed by atoms with Gasteiger partial charge in [-0.2, -0.15) is 5.12 Å². The molecule has 0 aromatic carbocycles. The molecule has 0 aromatic heterocycles. The number of piperidine rings is 1. The summed E-state index contributed by atoms with van der Waals surface area (Å²) in [4.78, 5) is 14.3. The molecule has 0 N–H and O–H groups in total.